The highest BCUT2D eigenvalue weighted by atomic mass is 35.5. The van der Waals surface area contributed by atoms with Gasteiger partial charge in [0.05, 0.1) is 0 Å². The largest absolute Gasteiger partial charge is 0.264 e. The van der Waals surface area contributed by atoms with Gasteiger partial charge in [-0.2, -0.15) is 0 Å². The number of hydrogen-bond donors (Lipinski definition) is 0. The van der Waals surface area contributed by atoms with Crippen molar-refractivity contribution in [1.82, 2.24) is 0 Å². The number of hydrogen-bond acceptors (Lipinski definition) is 2. The van der Waals surface area contributed by atoms with Gasteiger partial charge in [0.1, 0.15) is 5.38 Å². The van der Waals surface area contributed by atoms with Crippen LogP contribution in [0.25, 0.3) is 0 Å². The molecule has 0 unspecified atom stereocenters. The van der Waals surface area contributed by atoms with Crippen LogP contribution < -0.4 is 0 Å². The van der Waals surface area contributed by atoms with Crippen LogP contribution in [0.15, 0.2) is 0 Å². The Morgan fingerprint density at radius 1 is 1.27 bits per heavy atom. The summed E-state index contributed by atoms with van der Waals surface area (Å²) in [5.41, 5.74) is 0. The number of alkyl halides is 1. The first-order valence-electron chi connectivity index (χ1n) is 3.99. The molecule has 0 bridgehead atoms. The summed E-state index contributed by atoms with van der Waals surface area (Å²) < 4.78 is 0. The zero-order chi connectivity index (χ0) is 8.27. The van der Waals surface area contributed by atoms with E-state index in [0.717, 1.165) is 25.7 Å². The minimum absolute atomic E-state index is 0.233. The zero-order valence-electron chi connectivity index (χ0n) is 6.33. The van der Waals surface area contributed by atoms with Gasteiger partial charge in [-0.25, -0.2) is 0 Å². The van der Waals surface area contributed by atoms with E-state index in [0.29, 0.717) is 6.42 Å². The van der Waals surface area contributed by atoms with E-state index in [9.17, 15) is 10.1 Å². The molecule has 1 aliphatic carbocycles. The van der Waals surface area contributed by atoms with Crippen molar-refractivity contribution in [1.29, 1.82) is 0 Å². The van der Waals surface area contributed by atoms with Crippen LogP contribution in [0, 0.1) is 10.1 Å². The minimum Gasteiger partial charge on any atom is -0.264 e. The quantitative estimate of drug-likeness (QED) is 0.267. The first-order valence-corrected chi connectivity index (χ1v) is 4.43. The second-order valence-electron chi connectivity index (χ2n) is 3.01. The van der Waals surface area contributed by atoms with Gasteiger partial charge >= 0.3 is 0 Å². The lowest BCUT2D eigenvalue weighted by atomic mass is 10.1. The van der Waals surface area contributed by atoms with Crippen LogP contribution >= 0.6 is 11.6 Å². The van der Waals surface area contributed by atoms with E-state index in [4.69, 9.17) is 11.6 Å². The zero-order valence-corrected chi connectivity index (χ0v) is 7.09. The van der Waals surface area contributed by atoms with Gasteiger partial charge in [0, 0.05) is 11.3 Å². The van der Waals surface area contributed by atoms with Gasteiger partial charge in [0.15, 0.2) is 0 Å². The molecule has 0 heterocycles. The molecule has 0 N–H and O–H groups in total. The van der Waals surface area contributed by atoms with E-state index >= 15 is 0 Å². The van der Waals surface area contributed by atoms with Gasteiger partial charge < -0.3 is 0 Å². The van der Waals surface area contributed by atoms with E-state index in [1.54, 1.807) is 0 Å². The molecule has 1 rings (SSSR count). The molecule has 0 amide bonds. The maximum Gasteiger partial charge on any atom is 0.229 e. The highest BCUT2D eigenvalue weighted by Crippen LogP contribution is 2.23. The summed E-state index contributed by atoms with van der Waals surface area (Å²) in [7, 11) is 0. The number of halogens is 1. The smallest absolute Gasteiger partial charge is 0.229 e. The van der Waals surface area contributed by atoms with Crippen molar-refractivity contribution in [2.45, 2.75) is 43.5 Å². The van der Waals surface area contributed by atoms with Crippen molar-refractivity contribution >= 4 is 11.6 Å². The fourth-order valence-corrected chi connectivity index (χ4v) is 1.85. The van der Waals surface area contributed by atoms with E-state index in [1.807, 2.05) is 0 Å². The molecule has 0 saturated heterocycles. The minimum atomic E-state index is -0.501. The van der Waals surface area contributed by atoms with Crippen LogP contribution in [0.5, 0.6) is 0 Å². The fraction of sp³-hybridized carbons (Fsp3) is 1.00. The molecule has 1 fully saturated rings. The molecular formula is C7H12ClNO2. The lowest BCUT2D eigenvalue weighted by Gasteiger charge is -2.10. The van der Waals surface area contributed by atoms with Gasteiger partial charge in [-0.05, 0) is 12.8 Å². The first-order chi connectivity index (χ1) is 5.22. The van der Waals surface area contributed by atoms with Gasteiger partial charge in [-0.1, -0.05) is 12.8 Å². The average molecular weight is 178 g/mol. The number of rotatable bonds is 1. The van der Waals surface area contributed by atoms with Crippen LogP contribution in [0.3, 0.4) is 0 Å². The Morgan fingerprint density at radius 2 is 1.91 bits per heavy atom. The Hall–Kier alpha value is -0.310. The maximum absolute atomic E-state index is 10.4. The summed E-state index contributed by atoms with van der Waals surface area (Å²) in [5, 5.41) is 10.2. The molecular weight excluding hydrogens is 166 g/mol. The van der Waals surface area contributed by atoms with E-state index in [-0.39, 0.29) is 10.3 Å². The van der Waals surface area contributed by atoms with Crippen molar-refractivity contribution in [3.8, 4) is 0 Å². The molecule has 1 saturated carbocycles. The summed E-state index contributed by atoms with van der Waals surface area (Å²) in [6, 6.07) is -0.501. The van der Waals surface area contributed by atoms with Crippen molar-refractivity contribution in [2.75, 3.05) is 0 Å². The molecule has 3 nitrogen and oxygen atoms in total. The van der Waals surface area contributed by atoms with Crippen LogP contribution in [-0.4, -0.2) is 16.3 Å². The highest BCUT2D eigenvalue weighted by molar-refractivity contribution is 6.21. The van der Waals surface area contributed by atoms with Crippen LogP contribution in [-0.2, 0) is 0 Å². The van der Waals surface area contributed by atoms with E-state index in [1.165, 1.54) is 0 Å². The summed E-state index contributed by atoms with van der Waals surface area (Å²) in [4.78, 5) is 10.2. The monoisotopic (exact) mass is 177 g/mol. The molecule has 0 aromatic rings. The summed E-state index contributed by atoms with van der Waals surface area (Å²) in [6.45, 7) is 0. The number of nitrogens with zero attached hydrogens (tertiary/aromatic N) is 1. The molecule has 0 aromatic carbocycles. The molecule has 4 heteroatoms. The fourth-order valence-electron chi connectivity index (χ4n) is 1.48. The molecule has 2 atom stereocenters. The summed E-state index contributed by atoms with van der Waals surface area (Å²) in [5.74, 6) is 0. The van der Waals surface area contributed by atoms with Gasteiger partial charge in [0.25, 0.3) is 0 Å². The van der Waals surface area contributed by atoms with E-state index < -0.39 is 6.04 Å². The van der Waals surface area contributed by atoms with Gasteiger partial charge in [-0.3, -0.25) is 10.1 Å². The molecule has 0 radical (unpaired) electrons. The molecule has 0 aliphatic heterocycles. The lowest BCUT2D eigenvalue weighted by molar-refractivity contribution is -0.522. The third-order valence-electron chi connectivity index (χ3n) is 2.17. The highest BCUT2D eigenvalue weighted by Gasteiger charge is 2.30. The normalized spacial score (nSPS) is 32.8. The average Bonchev–Trinajstić information content (AvgIpc) is 2.13. The molecule has 0 spiro atoms. The lowest BCUT2D eigenvalue weighted by Crippen LogP contribution is -2.28. The van der Waals surface area contributed by atoms with Crippen LogP contribution in [0.1, 0.15) is 32.1 Å². The van der Waals surface area contributed by atoms with Gasteiger partial charge in [-0.15, -0.1) is 11.6 Å². The third-order valence-corrected chi connectivity index (χ3v) is 2.68. The maximum atomic E-state index is 10.4. The third kappa shape index (κ3) is 2.33. The van der Waals surface area contributed by atoms with Crippen LogP contribution in [0.2, 0.25) is 0 Å². The molecule has 1 aliphatic rings. The Bertz CT molecular complexity index is 151. The second-order valence-corrected chi connectivity index (χ2v) is 3.57. The Labute approximate surface area is 70.9 Å². The predicted octanol–water partition coefficient (Wildman–Crippen LogP) is 2.20. The Kier molecular flexibility index (Phi) is 3.12. The predicted molar refractivity (Wildman–Crippen MR) is 43.5 cm³/mol. The number of nitro groups is 1. The second kappa shape index (κ2) is 3.90. The SMILES string of the molecule is O=[N+]([O-])[C@H]1CCCCC[C@@H]1Cl. The molecule has 64 valence electrons. The molecule has 0 aromatic heterocycles. The summed E-state index contributed by atoms with van der Waals surface area (Å²) >= 11 is 5.84. The Morgan fingerprint density at radius 3 is 2.55 bits per heavy atom. The standard InChI is InChI=1S/C7H12ClNO2/c8-6-4-2-1-3-5-7(6)9(10)11/h6-7H,1-5H2/t6-,7-/m0/s1. The topological polar surface area (TPSA) is 43.1 Å². The van der Waals surface area contributed by atoms with Crippen LogP contribution in [0.4, 0.5) is 0 Å². The van der Waals surface area contributed by atoms with E-state index in [2.05, 4.69) is 0 Å². The summed E-state index contributed by atoms with van der Waals surface area (Å²) in [6.07, 6.45) is 4.54. The van der Waals surface area contributed by atoms with Crippen molar-refractivity contribution in [2.24, 2.45) is 0 Å². The first kappa shape index (κ1) is 8.78. The van der Waals surface area contributed by atoms with Crippen molar-refractivity contribution in [3.05, 3.63) is 10.1 Å². The van der Waals surface area contributed by atoms with Crippen molar-refractivity contribution < 1.29 is 4.92 Å². The van der Waals surface area contributed by atoms with Gasteiger partial charge in [0.2, 0.25) is 6.04 Å². The van der Waals surface area contributed by atoms with Crippen molar-refractivity contribution in [3.63, 3.8) is 0 Å². The Balaban J connectivity index is 2.52. The molecule has 11 heavy (non-hydrogen) atoms.